The van der Waals surface area contributed by atoms with Gasteiger partial charge in [0, 0.05) is 23.6 Å². The summed E-state index contributed by atoms with van der Waals surface area (Å²) in [6.07, 6.45) is 0.702. The zero-order chi connectivity index (χ0) is 23.7. The summed E-state index contributed by atoms with van der Waals surface area (Å²) in [6, 6.07) is 22.8. The van der Waals surface area contributed by atoms with Crippen molar-refractivity contribution < 1.29 is 18.1 Å². The number of anilines is 1. The molecule has 0 saturated carbocycles. The van der Waals surface area contributed by atoms with Crippen molar-refractivity contribution in [2.45, 2.75) is 16.2 Å². The SMILES string of the molecule is O=C(CN(c1cccc([N+](=O)[O-])c1)S(=O)(=O)c1ccccc1)NCCCSc1ccccc1. The second kappa shape index (κ2) is 11.5. The number of sulfonamides is 1. The number of rotatable bonds is 11. The number of nitrogens with zero attached hydrogens (tertiary/aromatic N) is 2. The first kappa shape index (κ1) is 24.3. The Kier molecular flexibility index (Phi) is 8.45. The maximum absolute atomic E-state index is 13.3. The number of hydrogen-bond donors (Lipinski definition) is 1. The lowest BCUT2D eigenvalue weighted by molar-refractivity contribution is -0.384. The third-order valence-electron chi connectivity index (χ3n) is 4.60. The summed E-state index contributed by atoms with van der Waals surface area (Å²) in [5.74, 6) is 0.298. The van der Waals surface area contributed by atoms with Gasteiger partial charge in [0.1, 0.15) is 6.54 Å². The van der Waals surface area contributed by atoms with Gasteiger partial charge in [0.15, 0.2) is 0 Å². The fraction of sp³-hybridized carbons (Fsp3) is 0.174. The number of nitro benzene ring substituents is 1. The van der Waals surface area contributed by atoms with Crippen LogP contribution in [0, 0.1) is 10.1 Å². The number of carbonyl (C=O) groups excluding carboxylic acids is 1. The van der Waals surface area contributed by atoms with E-state index in [1.807, 2.05) is 30.3 Å². The molecule has 8 nitrogen and oxygen atoms in total. The Balaban J connectivity index is 1.70. The third-order valence-corrected chi connectivity index (χ3v) is 7.49. The number of thioether (sulfide) groups is 1. The Morgan fingerprint density at radius 3 is 2.30 bits per heavy atom. The molecule has 0 saturated heterocycles. The molecule has 1 N–H and O–H groups in total. The largest absolute Gasteiger partial charge is 0.354 e. The average molecular weight is 486 g/mol. The summed E-state index contributed by atoms with van der Waals surface area (Å²) in [5.41, 5.74) is -0.220. The van der Waals surface area contributed by atoms with E-state index in [-0.39, 0.29) is 16.3 Å². The first-order valence-corrected chi connectivity index (χ1v) is 12.6. The van der Waals surface area contributed by atoms with Crippen LogP contribution in [0.2, 0.25) is 0 Å². The van der Waals surface area contributed by atoms with Crippen molar-refractivity contribution in [2.75, 3.05) is 23.1 Å². The summed E-state index contributed by atoms with van der Waals surface area (Å²) in [4.78, 5) is 24.3. The number of nitrogens with one attached hydrogen (secondary N) is 1. The van der Waals surface area contributed by atoms with Gasteiger partial charge in [-0.15, -0.1) is 11.8 Å². The van der Waals surface area contributed by atoms with Crippen molar-refractivity contribution >= 4 is 39.1 Å². The monoisotopic (exact) mass is 485 g/mol. The van der Waals surface area contributed by atoms with E-state index >= 15 is 0 Å². The predicted octanol–water partition coefficient (Wildman–Crippen LogP) is 4.09. The minimum absolute atomic E-state index is 0.0106. The number of hydrogen-bond acceptors (Lipinski definition) is 6. The van der Waals surface area contributed by atoms with Crippen LogP contribution in [0.4, 0.5) is 11.4 Å². The predicted molar refractivity (Wildman–Crippen MR) is 129 cm³/mol. The van der Waals surface area contributed by atoms with E-state index in [1.54, 1.807) is 30.0 Å². The summed E-state index contributed by atoms with van der Waals surface area (Å²) < 4.78 is 27.4. The van der Waals surface area contributed by atoms with Gasteiger partial charge >= 0.3 is 0 Å². The highest BCUT2D eigenvalue weighted by Gasteiger charge is 2.28. The Bertz CT molecular complexity index is 1190. The molecule has 172 valence electrons. The standard InChI is InChI=1S/C23H23N3O5S2/c27-23(24-15-8-16-32-21-11-3-1-4-12-21)18-25(19-9-7-10-20(17-19)26(28)29)33(30,31)22-13-5-2-6-14-22/h1-7,9-14,17H,8,15-16,18H2,(H,24,27). The first-order chi connectivity index (χ1) is 15.9. The highest BCUT2D eigenvalue weighted by molar-refractivity contribution is 7.99. The van der Waals surface area contributed by atoms with Crippen molar-refractivity contribution in [2.24, 2.45) is 0 Å². The van der Waals surface area contributed by atoms with Crippen LogP contribution in [-0.2, 0) is 14.8 Å². The van der Waals surface area contributed by atoms with Gasteiger partial charge in [0.05, 0.1) is 15.5 Å². The fourth-order valence-corrected chi connectivity index (χ4v) is 5.30. The zero-order valence-corrected chi connectivity index (χ0v) is 19.3. The molecule has 33 heavy (non-hydrogen) atoms. The first-order valence-electron chi connectivity index (χ1n) is 10.1. The molecule has 3 aromatic carbocycles. The van der Waals surface area contributed by atoms with Crippen LogP contribution < -0.4 is 9.62 Å². The Morgan fingerprint density at radius 2 is 1.64 bits per heavy atom. The fourth-order valence-electron chi connectivity index (χ4n) is 2.99. The molecule has 0 aliphatic heterocycles. The molecule has 0 radical (unpaired) electrons. The Morgan fingerprint density at radius 1 is 0.970 bits per heavy atom. The molecule has 0 aliphatic rings. The Hall–Kier alpha value is -3.37. The maximum atomic E-state index is 13.3. The normalized spacial score (nSPS) is 11.0. The molecule has 0 aromatic heterocycles. The minimum atomic E-state index is -4.12. The molecule has 0 spiro atoms. The van der Waals surface area contributed by atoms with E-state index in [4.69, 9.17) is 0 Å². The van der Waals surface area contributed by atoms with E-state index in [0.29, 0.717) is 13.0 Å². The lowest BCUT2D eigenvalue weighted by Crippen LogP contribution is -2.41. The number of amides is 1. The summed E-state index contributed by atoms with van der Waals surface area (Å²) in [7, 11) is -4.12. The van der Waals surface area contributed by atoms with Gasteiger partial charge in [-0.2, -0.15) is 0 Å². The zero-order valence-electron chi connectivity index (χ0n) is 17.7. The van der Waals surface area contributed by atoms with E-state index < -0.39 is 27.4 Å². The molecule has 0 heterocycles. The van der Waals surface area contributed by atoms with Gasteiger partial charge in [-0.25, -0.2) is 8.42 Å². The van der Waals surface area contributed by atoms with E-state index in [2.05, 4.69) is 5.32 Å². The Labute approximate surface area is 196 Å². The van der Waals surface area contributed by atoms with Crippen LogP contribution in [-0.4, -0.2) is 38.1 Å². The molecule has 0 aliphatic carbocycles. The highest BCUT2D eigenvalue weighted by atomic mass is 32.2. The van der Waals surface area contributed by atoms with Crippen molar-refractivity contribution in [1.29, 1.82) is 0 Å². The minimum Gasteiger partial charge on any atom is -0.354 e. The number of carbonyl (C=O) groups is 1. The lowest BCUT2D eigenvalue weighted by atomic mass is 10.3. The number of non-ortho nitro benzene ring substituents is 1. The molecule has 0 unspecified atom stereocenters. The topological polar surface area (TPSA) is 110 Å². The van der Waals surface area contributed by atoms with Gasteiger partial charge in [-0.3, -0.25) is 19.2 Å². The van der Waals surface area contributed by atoms with Crippen LogP contribution in [0.1, 0.15) is 6.42 Å². The number of benzene rings is 3. The second-order valence-electron chi connectivity index (χ2n) is 6.97. The molecule has 0 bridgehead atoms. The third kappa shape index (κ3) is 6.80. The molecule has 0 atom stereocenters. The summed E-state index contributed by atoms with van der Waals surface area (Å²) in [6.45, 7) is -0.114. The van der Waals surface area contributed by atoms with Crippen molar-refractivity contribution in [1.82, 2.24) is 5.32 Å². The van der Waals surface area contributed by atoms with Gasteiger partial charge in [-0.05, 0) is 42.5 Å². The van der Waals surface area contributed by atoms with Gasteiger partial charge in [0.2, 0.25) is 5.91 Å². The molecule has 0 fully saturated rings. The van der Waals surface area contributed by atoms with Crippen LogP contribution in [0.25, 0.3) is 0 Å². The molecular formula is C23H23N3O5S2. The van der Waals surface area contributed by atoms with Gasteiger partial charge in [-0.1, -0.05) is 42.5 Å². The maximum Gasteiger partial charge on any atom is 0.271 e. The van der Waals surface area contributed by atoms with Gasteiger partial charge in [0.25, 0.3) is 15.7 Å². The number of nitro groups is 1. The highest BCUT2D eigenvalue weighted by Crippen LogP contribution is 2.26. The summed E-state index contributed by atoms with van der Waals surface area (Å²) in [5, 5.41) is 13.9. The average Bonchev–Trinajstić information content (AvgIpc) is 2.83. The summed E-state index contributed by atoms with van der Waals surface area (Å²) >= 11 is 1.67. The van der Waals surface area contributed by atoms with Crippen LogP contribution in [0.15, 0.2) is 94.7 Å². The van der Waals surface area contributed by atoms with E-state index in [0.717, 1.165) is 21.0 Å². The molecule has 3 rings (SSSR count). The van der Waals surface area contributed by atoms with Crippen molar-refractivity contribution in [3.63, 3.8) is 0 Å². The lowest BCUT2D eigenvalue weighted by Gasteiger charge is -2.24. The second-order valence-corrected chi connectivity index (χ2v) is 10.00. The van der Waals surface area contributed by atoms with Crippen LogP contribution >= 0.6 is 11.8 Å². The van der Waals surface area contributed by atoms with Crippen molar-refractivity contribution in [3.8, 4) is 0 Å². The van der Waals surface area contributed by atoms with E-state index in [1.165, 1.54) is 30.3 Å². The quantitative estimate of drug-likeness (QED) is 0.190. The molecule has 10 heteroatoms. The van der Waals surface area contributed by atoms with Crippen molar-refractivity contribution in [3.05, 3.63) is 95.0 Å². The molecule has 3 aromatic rings. The van der Waals surface area contributed by atoms with Gasteiger partial charge < -0.3 is 5.32 Å². The van der Waals surface area contributed by atoms with Crippen LogP contribution in [0.5, 0.6) is 0 Å². The smallest absolute Gasteiger partial charge is 0.271 e. The molecule has 1 amide bonds. The molecular weight excluding hydrogens is 462 g/mol. The van der Waals surface area contributed by atoms with Crippen LogP contribution in [0.3, 0.4) is 0 Å². The van der Waals surface area contributed by atoms with E-state index in [9.17, 15) is 23.3 Å².